The second-order valence-electron chi connectivity index (χ2n) is 5.28. The number of thiophene rings is 1. The van der Waals surface area contributed by atoms with Crippen molar-refractivity contribution < 1.29 is 9.63 Å². The van der Waals surface area contributed by atoms with E-state index in [2.05, 4.69) is 17.0 Å². The third-order valence-electron chi connectivity index (χ3n) is 3.46. The SMILES string of the molecule is CCCC1(O)CN(Cc2cc(-c3cccs3)on2)C1. The fourth-order valence-corrected chi connectivity index (χ4v) is 3.34. The van der Waals surface area contributed by atoms with Gasteiger partial charge in [0.1, 0.15) is 0 Å². The van der Waals surface area contributed by atoms with Crippen LogP contribution in [0.3, 0.4) is 0 Å². The number of likely N-dealkylation sites (tertiary alicyclic amines) is 1. The molecule has 1 N–H and O–H groups in total. The van der Waals surface area contributed by atoms with E-state index in [1.807, 2.05) is 23.6 Å². The van der Waals surface area contributed by atoms with Crippen LogP contribution in [-0.2, 0) is 6.54 Å². The molecule has 0 saturated carbocycles. The average molecular weight is 278 g/mol. The normalized spacial score (nSPS) is 18.4. The second kappa shape index (κ2) is 5.07. The molecule has 0 unspecified atom stereocenters. The van der Waals surface area contributed by atoms with E-state index >= 15 is 0 Å². The number of hydrogen-bond acceptors (Lipinski definition) is 5. The molecule has 1 aliphatic rings. The van der Waals surface area contributed by atoms with E-state index in [1.165, 1.54) is 0 Å². The number of nitrogens with zero attached hydrogens (tertiary/aromatic N) is 2. The van der Waals surface area contributed by atoms with Gasteiger partial charge < -0.3 is 9.63 Å². The first-order valence-electron chi connectivity index (χ1n) is 6.63. The van der Waals surface area contributed by atoms with Gasteiger partial charge in [-0.25, -0.2) is 0 Å². The van der Waals surface area contributed by atoms with Crippen LogP contribution < -0.4 is 0 Å². The molecular formula is C14H18N2O2S. The van der Waals surface area contributed by atoms with Crippen molar-refractivity contribution in [3.8, 4) is 10.6 Å². The van der Waals surface area contributed by atoms with Gasteiger partial charge in [0, 0.05) is 25.7 Å². The molecule has 0 aromatic carbocycles. The van der Waals surface area contributed by atoms with Crippen LogP contribution in [0, 0.1) is 0 Å². The molecule has 1 saturated heterocycles. The van der Waals surface area contributed by atoms with Crippen LogP contribution in [0.15, 0.2) is 28.1 Å². The first-order valence-corrected chi connectivity index (χ1v) is 7.51. The van der Waals surface area contributed by atoms with Crippen LogP contribution in [0.25, 0.3) is 10.6 Å². The van der Waals surface area contributed by atoms with Gasteiger partial charge >= 0.3 is 0 Å². The summed E-state index contributed by atoms with van der Waals surface area (Å²) in [6, 6.07) is 6.02. The van der Waals surface area contributed by atoms with Gasteiger partial charge in [-0.3, -0.25) is 4.90 Å². The van der Waals surface area contributed by atoms with Crippen LogP contribution in [-0.4, -0.2) is 33.9 Å². The highest BCUT2D eigenvalue weighted by Gasteiger charge is 2.40. The smallest absolute Gasteiger partial charge is 0.177 e. The van der Waals surface area contributed by atoms with Crippen molar-refractivity contribution in [3.63, 3.8) is 0 Å². The number of rotatable bonds is 5. The molecule has 19 heavy (non-hydrogen) atoms. The Morgan fingerprint density at radius 2 is 2.37 bits per heavy atom. The van der Waals surface area contributed by atoms with Gasteiger partial charge in [0.2, 0.25) is 0 Å². The Bertz CT molecular complexity index is 529. The molecule has 0 spiro atoms. The molecule has 3 heterocycles. The highest BCUT2D eigenvalue weighted by molar-refractivity contribution is 7.13. The lowest BCUT2D eigenvalue weighted by Gasteiger charge is -2.46. The van der Waals surface area contributed by atoms with Crippen molar-refractivity contribution in [2.45, 2.75) is 31.9 Å². The maximum atomic E-state index is 10.1. The average Bonchev–Trinajstić information content (AvgIpc) is 2.96. The summed E-state index contributed by atoms with van der Waals surface area (Å²) in [7, 11) is 0. The Morgan fingerprint density at radius 3 is 3.05 bits per heavy atom. The molecular weight excluding hydrogens is 260 g/mol. The van der Waals surface area contributed by atoms with Crippen molar-refractivity contribution in [2.24, 2.45) is 0 Å². The second-order valence-corrected chi connectivity index (χ2v) is 6.23. The highest BCUT2D eigenvalue weighted by atomic mass is 32.1. The maximum absolute atomic E-state index is 10.1. The predicted octanol–water partition coefficient (Wildman–Crippen LogP) is 2.75. The van der Waals surface area contributed by atoms with Gasteiger partial charge in [0.15, 0.2) is 5.76 Å². The largest absolute Gasteiger partial charge is 0.387 e. The zero-order valence-electron chi connectivity index (χ0n) is 11.0. The Labute approximate surface area is 116 Å². The third kappa shape index (κ3) is 2.73. The van der Waals surface area contributed by atoms with Crippen molar-refractivity contribution in [1.82, 2.24) is 10.1 Å². The van der Waals surface area contributed by atoms with E-state index in [4.69, 9.17) is 4.52 Å². The maximum Gasteiger partial charge on any atom is 0.177 e. The van der Waals surface area contributed by atoms with E-state index < -0.39 is 5.60 Å². The molecule has 4 nitrogen and oxygen atoms in total. The van der Waals surface area contributed by atoms with E-state index in [1.54, 1.807) is 11.3 Å². The van der Waals surface area contributed by atoms with Gasteiger partial charge in [0.05, 0.1) is 16.2 Å². The molecule has 0 amide bonds. The zero-order valence-corrected chi connectivity index (χ0v) is 11.8. The van der Waals surface area contributed by atoms with Crippen LogP contribution >= 0.6 is 11.3 Å². The lowest BCUT2D eigenvalue weighted by atomic mass is 9.89. The van der Waals surface area contributed by atoms with Gasteiger partial charge in [-0.1, -0.05) is 24.6 Å². The highest BCUT2D eigenvalue weighted by Crippen LogP contribution is 2.29. The Balaban J connectivity index is 1.58. The molecule has 2 aromatic heterocycles. The molecule has 5 heteroatoms. The fraction of sp³-hybridized carbons (Fsp3) is 0.500. The molecule has 102 valence electrons. The number of hydrogen-bond donors (Lipinski definition) is 1. The third-order valence-corrected chi connectivity index (χ3v) is 4.34. The minimum absolute atomic E-state index is 0.477. The number of aromatic nitrogens is 1. The lowest BCUT2D eigenvalue weighted by molar-refractivity contribution is -0.107. The fourth-order valence-electron chi connectivity index (χ4n) is 2.67. The van der Waals surface area contributed by atoms with E-state index in [9.17, 15) is 5.11 Å². The van der Waals surface area contributed by atoms with E-state index in [0.717, 1.165) is 48.8 Å². The molecule has 0 aliphatic carbocycles. The first kappa shape index (κ1) is 12.8. The Morgan fingerprint density at radius 1 is 1.53 bits per heavy atom. The zero-order chi connectivity index (χ0) is 13.3. The summed E-state index contributed by atoms with van der Waals surface area (Å²) in [5.74, 6) is 0.828. The van der Waals surface area contributed by atoms with Crippen molar-refractivity contribution in [1.29, 1.82) is 0 Å². The molecule has 3 rings (SSSR count). The number of aliphatic hydroxyl groups is 1. The predicted molar refractivity (Wildman–Crippen MR) is 75.0 cm³/mol. The minimum Gasteiger partial charge on any atom is -0.387 e. The van der Waals surface area contributed by atoms with Crippen LogP contribution in [0.1, 0.15) is 25.5 Å². The van der Waals surface area contributed by atoms with Crippen molar-refractivity contribution in [2.75, 3.05) is 13.1 Å². The van der Waals surface area contributed by atoms with Crippen molar-refractivity contribution >= 4 is 11.3 Å². The minimum atomic E-state index is -0.477. The van der Waals surface area contributed by atoms with E-state index in [0.29, 0.717) is 0 Å². The summed E-state index contributed by atoms with van der Waals surface area (Å²) >= 11 is 1.65. The topological polar surface area (TPSA) is 49.5 Å². The molecule has 0 bridgehead atoms. The summed E-state index contributed by atoms with van der Waals surface area (Å²) in [6.07, 6.45) is 1.90. The van der Waals surface area contributed by atoms with Gasteiger partial charge in [-0.2, -0.15) is 0 Å². The van der Waals surface area contributed by atoms with Gasteiger partial charge in [-0.05, 0) is 17.9 Å². The van der Waals surface area contributed by atoms with Gasteiger partial charge in [0.25, 0.3) is 0 Å². The molecule has 0 radical (unpaired) electrons. The van der Waals surface area contributed by atoms with E-state index in [-0.39, 0.29) is 0 Å². The Kier molecular flexibility index (Phi) is 3.43. The summed E-state index contributed by atoms with van der Waals surface area (Å²) in [6.45, 7) is 4.33. The van der Waals surface area contributed by atoms with Crippen molar-refractivity contribution in [3.05, 3.63) is 29.3 Å². The molecule has 1 aliphatic heterocycles. The van der Waals surface area contributed by atoms with Gasteiger partial charge in [-0.15, -0.1) is 11.3 Å². The summed E-state index contributed by atoms with van der Waals surface area (Å²) in [5.41, 5.74) is 0.455. The lowest BCUT2D eigenvalue weighted by Crippen LogP contribution is -2.60. The Hall–Kier alpha value is -1.17. The summed E-state index contributed by atoms with van der Waals surface area (Å²) < 4.78 is 5.35. The summed E-state index contributed by atoms with van der Waals surface area (Å²) in [4.78, 5) is 3.30. The quantitative estimate of drug-likeness (QED) is 0.913. The van der Waals surface area contributed by atoms with Crippen LogP contribution in [0.5, 0.6) is 0 Å². The molecule has 1 fully saturated rings. The van der Waals surface area contributed by atoms with Crippen LogP contribution in [0.4, 0.5) is 0 Å². The standard InChI is InChI=1S/C14H18N2O2S/c1-2-5-14(17)9-16(10-14)8-11-7-12(18-15-11)13-4-3-6-19-13/h3-4,6-7,17H,2,5,8-10H2,1H3. The first-order chi connectivity index (χ1) is 9.18. The molecule has 0 atom stereocenters. The van der Waals surface area contributed by atoms with Crippen LogP contribution in [0.2, 0.25) is 0 Å². The molecule has 2 aromatic rings. The number of β-amino-alcohol motifs (C(OH)–C–C–N with tert-alkyl or cyclic N) is 1. The summed E-state index contributed by atoms with van der Waals surface area (Å²) in [5, 5.41) is 16.3. The monoisotopic (exact) mass is 278 g/mol.